The molecule has 1 unspecified atom stereocenters. The molecule has 0 aromatic rings. The zero-order valence-electron chi connectivity index (χ0n) is 7.99. The van der Waals surface area contributed by atoms with Crippen molar-refractivity contribution in [2.45, 2.75) is 31.3 Å². The summed E-state index contributed by atoms with van der Waals surface area (Å²) < 4.78 is 21.5. The van der Waals surface area contributed by atoms with Crippen molar-refractivity contribution in [2.24, 2.45) is 0 Å². The zero-order chi connectivity index (χ0) is 9.90. The van der Waals surface area contributed by atoms with E-state index in [4.69, 9.17) is 9.05 Å². The van der Waals surface area contributed by atoms with E-state index in [1.165, 1.54) is 14.2 Å². The third kappa shape index (κ3) is 2.19. The Morgan fingerprint density at radius 2 is 1.92 bits per heavy atom. The van der Waals surface area contributed by atoms with Crippen molar-refractivity contribution in [1.29, 1.82) is 0 Å². The average Bonchev–Trinajstić information content (AvgIpc) is 2.17. The van der Waals surface area contributed by atoms with Crippen LogP contribution in [0.1, 0.15) is 25.7 Å². The molecule has 0 saturated heterocycles. The minimum Gasteiger partial charge on any atom is -0.311 e. The van der Waals surface area contributed by atoms with Crippen LogP contribution in [0.4, 0.5) is 0 Å². The lowest BCUT2D eigenvalue weighted by molar-refractivity contribution is -0.120. The van der Waals surface area contributed by atoms with Gasteiger partial charge in [-0.2, -0.15) is 0 Å². The molecule has 1 aliphatic rings. The van der Waals surface area contributed by atoms with Gasteiger partial charge in [0, 0.05) is 20.6 Å². The lowest BCUT2D eigenvalue weighted by Gasteiger charge is -2.25. The molecule has 1 atom stereocenters. The molecule has 76 valence electrons. The first-order chi connectivity index (χ1) is 6.14. The van der Waals surface area contributed by atoms with Gasteiger partial charge in [0.2, 0.25) is 0 Å². The fourth-order valence-electron chi connectivity index (χ4n) is 1.63. The molecule has 0 amide bonds. The molecule has 1 fully saturated rings. The molecule has 13 heavy (non-hydrogen) atoms. The second kappa shape index (κ2) is 4.36. The first kappa shape index (κ1) is 10.9. The molecule has 4 nitrogen and oxygen atoms in total. The monoisotopic (exact) mass is 206 g/mol. The molecule has 0 bridgehead atoms. The van der Waals surface area contributed by atoms with Crippen molar-refractivity contribution in [3.05, 3.63) is 0 Å². The molecule has 5 heteroatoms. The van der Waals surface area contributed by atoms with Crippen LogP contribution in [0.25, 0.3) is 0 Å². The summed E-state index contributed by atoms with van der Waals surface area (Å²) in [5.41, 5.74) is -0.531. The van der Waals surface area contributed by atoms with E-state index in [1.54, 1.807) is 0 Å². The van der Waals surface area contributed by atoms with Crippen molar-refractivity contribution in [3.63, 3.8) is 0 Å². The van der Waals surface area contributed by atoms with Gasteiger partial charge in [0.05, 0.1) is 0 Å². The second-order valence-corrected chi connectivity index (χ2v) is 5.57. The van der Waals surface area contributed by atoms with Crippen molar-refractivity contribution < 1.29 is 18.4 Å². The van der Waals surface area contributed by atoms with Gasteiger partial charge in [-0.1, -0.05) is 6.42 Å². The number of carbonyl (C=O) groups excluding carboxylic acids is 1. The Labute approximate surface area is 78.1 Å². The number of carbonyl (C=O) groups is 1. The fraction of sp³-hybridized carbons (Fsp3) is 0.875. The maximum Gasteiger partial charge on any atom is 0.340 e. The molecular weight excluding hydrogens is 191 g/mol. The Bertz CT molecular complexity index is 230. The van der Waals surface area contributed by atoms with E-state index < -0.39 is 13.3 Å². The summed E-state index contributed by atoms with van der Waals surface area (Å²) in [7, 11) is -0.511. The molecule has 1 rings (SSSR count). The van der Waals surface area contributed by atoms with E-state index in [1.807, 2.05) is 0 Å². The topological polar surface area (TPSA) is 52.6 Å². The summed E-state index contributed by atoms with van der Waals surface area (Å²) in [4.78, 5) is 11.4. The van der Waals surface area contributed by atoms with Crippen LogP contribution < -0.4 is 0 Å². The quantitative estimate of drug-likeness (QED) is 0.662. The van der Waals surface area contributed by atoms with Crippen LogP contribution in [0.3, 0.4) is 0 Å². The Balaban J connectivity index is 2.78. The molecule has 1 saturated carbocycles. The fourth-order valence-corrected chi connectivity index (χ4v) is 3.27. The predicted molar refractivity (Wildman–Crippen MR) is 48.9 cm³/mol. The van der Waals surface area contributed by atoms with Gasteiger partial charge < -0.3 is 9.05 Å². The van der Waals surface area contributed by atoms with Gasteiger partial charge in [-0.3, -0.25) is 9.36 Å². The third-order valence-electron chi connectivity index (χ3n) is 2.41. The molecule has 0 aromatic carbocycles. The SMILES string of the molecule is COP(=O)(OC)C1CCCCC1=O. The average molecular weight is 206 g/mol. The summed E-state index contributed by atoms with van der Waals surface area (Å²) in [6, 6.07) is 0. The summed E-state index contributed by atoms with van der Waals surface area (Å²) in [6.07, 6.45) is 2.94. The summed E-state index contributed by atoms with van der Waals surface area (Å²) >= 11 is 0. The van der Waals surface area contributed by atoms with Crippen LogP contribution in [0.5, 0.6) is 0 Å². The Morgan fingerprint density at radius 3 is 2.38 bits per heavy atom. The van der Waals surface area contributed by atoms with E-state index in [2.05, 4.69) is 0 Å². The van der Waals surface area contributed by atoms with Crippen LogP contribution in [0, 0.1) is 0 Å². The highest BCUT2D eigenvalue weighted by Gasteiger charge is 2.40. The second-order valence-electron chi connectivity index (χ2n) is 3.13. The number of hydrogen-bond donors (Lipinski definition) is 0. The molecule has 0 N–H and O–H groups in total. The summed E-state index contributed by atoms with van der Waals surface area (Å²) in [5.74, 6) is 0.0123. The summed E-state index contributed by atoms with van der Waals surface area (Å²) in [6.45, 7) is 0. The molecule has 0 aromatic heterocycles. The molecule has 0 spiro atoms. The number of ketones is 1. The van der Waals surface area contributed by atoms with E-state index >= 15 is 0 Å². The highest BCUT2D eigenvalue weighted by molar-refractivity contribution is 7.55. The highest BCUT2D eigenvalue weighted by atomic mass is 31.2. The minimum atomic E-state index is -3.16. The zero-order valence-corrected chi connectivity index (χ0v) is 8.88. The van der Waals surface area contributed by atoms with Gasteiger partial charge in [0.15, 0.2) is 0 Å². The van der Waals surface area contributed by atoms with Crippen LogP contribution in [-0.4, -0.2) is 25.7 Å². The van der Waals surface area contributed by atoms with Crippen molar-refractivity contribution >= 4 is 13.4 Å². The van der Waals surface area contributed by atoms with Crippen molar-refractivity contribution in [1.82, 2.24) is 0 Å². The van der Waals surface area contributed by atoms with Gasteiger partial charge in [-0.15, -0.1) is 0 Å². The third-order valence-corrected chi connectivity index (χ3v) is 4.74. The maximum atomic E-state index is 11.9. The number of hydrogen-bond acceptors (Lipinski definition) is 4. The van der Waals surface area contributed by atoms with Crippen molar-refractivity contribution in [3.8, 4) is 0 Å². The first-order valence-electron chi connectivity index (χ1n) is 4.38. The minimum absolute atomic E-state index is 0.0123. The van der Waals surface area contributed by atoms with E-state index in [-0.39, 0.29) is 5.78 Å². The molecule has 0 heterocycles. The van der Waals surface area contributed by atoms with Crippen LogP contribution in [0.15, 0.2) is 0 Å². The smallest absolute Gasteiger partial charge is 0.311 e. The van der Waals surface area contributed by atoms with E-state index in [0.29, 0.717) is 12.8 Å². The summed E-state index contributed by atoms with van der Waals surface area (Å²) in [5, 5.41) is 0. The van der Waals surface area contributed by atoms with Gasteiger partial charge in [0.1, 0.15) is 11.4 Å². The highest BCUT2D eigenvalue weighted by Crippen LogP contribution is 2.54. The van der Waals surface area contributed by atoms with Crippen LogP contribution in [-0.2, 0) is 18.4 Å². The maximum absolute atomic E-state index is 11.9. The van der Waals surface area contributed by atoms with Gasteiger partial charge in [-0.05, 0) is 12.8 Å². The van der Waals surface area contributed by atoms with Crippen LogP contribution in [0.2, 0.25) is 0 Å². The lowest BCUT2D eigenvalue weighted by atomic mass is 9.99. The van der Waals surface area contributed by atoms with Crippen molar-refractivity contribution in [2.75, 3.05) is 14.2 Å². The lowest BCUT2D eigenvalue weighted by Crippen LogP contribution is -2.25. The van der Waals surface area contributed by atoms with E-state index in [0.717, 1.165) is 12.8 Å². The molecule has 1 aliphatic carbocycles. The Hall–Kier alpha value is -0.180. The number of Topliss-reactive ketones (excluding diaryl/α,β-unsaturated/α-hetero) is 1. The standard InChI is InChI=1S/C8H15O4P/c1-11-13(10,12-2)8-6-4-3-5-7(8)9/h8H,3-6H2,1-2H3. The van der Waals surface area contributed by atoms with Crippen LogP contribution >= 0.6 is 7.60 Å². The van der Waals surface area contributed by atoms with Gasteiger partial charge >= 0.3 is 7.60 Å². The molecule has 0 radical (unpaired) electrons. The van der Waals surface area contributed by atoms with Gasteiger partial charge in [-0.25, -0.2) is 0 Å². The first-order valence-corrected chi connectivity index (χ1v) is 5.99. The molecule has 0 aliphatic heterocycles. The van der Waals surface area contributed by atoms with Gasteiger partial charge in [0.25, 0.3) is 0 Å². The normalized spacial score (nSPS) is 24.8. The Kier molecular flexibility index (Phi) is 3.65. The largest absolute Gasteiger partial charge is 0.340 e. The predicted octanol–water partition coefficient (Wildman–Crippen LogP) is 1.98. The number of rotatable bonds is 3. The van der Waals surface area contributed by atoms with E-state index in [9.17, 15) is 9.36 Å². The molecular formula is C8H15O4P. The Morgan fingerprint density at radius 1 is 1.31 bits per heavy atom.